The number of aryl methyl sites for hydroxylation is 1. The third-order valence-electron chi connectivity index (χ3n) is 4.47. The molecule has 3 rings (SSSR count). The number of piperidine rings is 1. The Morgan fingerprint density at radius 3 is 2.52 bits per heavy atom. The summed E-state index contributed by atoms with van der Waals surface area (Å²) in [4.78, 5) is 23.8. The van der Waals surface area contributed by atoms with E-state index in [4.69, 9.17) is 0 Å². The summed E-state index contributed by atoms with van der Waals surface area (Å²) in [5, 5.41) is 15.1. The van der Waals surface area contributed by atoms with Gasteiger partial charge in [-0.05, 0) is 43.0 Å². The molecule has 0 saturated carbocycles. The summed E-state index contributed by atoms with van der Waals surface area (Å²) in [5.41, 5.74) is 0.983. The van der Waals surface area contributed by atoms with Gasteiger partial charge in [-0.15, -0.1) is 11.3 Å². The van der Waals surface area contributed by atoms with Crippen LogP contribution in [-0.4, -0.2) is 37.7 Å². The third kappa shape index (κ3) is 4.20. The number of hydrogen-bond donors (Lipinski definition) is 1. The van der Waals surface area contributed by atoms with Crippen molar-refractivity contribution in [2.24, 2.45) is 0 Å². The molecular formula is C18H19N2O5S2-. The van der Waals surface area contributed by atoms with Crippen LogP contribution in [0.25, 0.3) is 0 Å². The number of hydrogen-bond acceptors (Lipinski definition) is 6. The summed E-state index contributed by atoms with van der Waals surface area (Å²) in [6.45, 7) is 2.72. The normalized spacial score (nSPS) is 15.4. The molecule has 0 atom stereocenters. The maximum absolute atomic E-state index is 12.7. The number of amides is 1. The van der Waals surface area contributed by atoms with Crippen molar-refractivity contribution >= 4 is 38.9 Å². The lowest BCUT2D eigenvalue weighted by molar-refractivity contribution is -0.255. The number of benzene rings is 1. The highest BCUT2D eigenvalue weighted by Crippen LogP contribution is 2.26. The van der Waals surface area contributed by atoms with E-state index in [1.165, 1.54) is 27.9 Å². The minimum atomic E-state index is -3.60. The quantitative estimate of drug-likeness (QED) is 0.814. The molecule has 7 nitrogen and oxygen atoms in total. The van der Waals surface area contributed by atoms with Gasteiger partial charge in [-0.25, -0.2) is 8.42 Å². The monoisotopic (exact) mass is 407 g/mol. The van der Waals surface area contributed by atoms with Gasteiger partial charge in [0.1, 0.15) is 0 Å². The number of carboxylic acids is 1. The number of carboxylic acid groups (broad SMARTS) is 1. The number of aromatic carboxylic acids is 1. The molecule has 0 unspecified atom stereocenters. The second kappa shape index (κ2) is 7.79. The Hall–Kier alpha value is -2.23. The maximum Gasteiger partial charge on any atom is 0.265 e. The highest BCUT2D eigenvalue weighted by Gasteiger charge is 2.27. The van der Waals surface area contributed by atoms with Gasteiger partial charge >= 0.3 is 0 Å². The van der Waals surface area contributed by atoms with E-state index in [9.17, 15) is 23.1 Å². The molecule has 144 valence electrons. The van der Waals surface area contributed by atoms with Crippen LogP contribution in [0.2, 0.25) is 0 Å². The van der Waals surface area contributed by atoms with Crippen molar-refractivity contribution in [2.45, 2.75) is 31.1 Å². The molecular weight excluding hydrogens is 388 g/mol. The van der Waals surface area contributed by atoms with Crippen LogP contribution < -0.4 is 10.4 Å². The fourth-order valence-electron chi connectivity index (χ4n) is 2.90. The van der Waals surface area contributed by atoms with Gasteiger partial charge in [0, 0.05) is 24.2 Å². The first-order valence-electron chi connectivity index (χ1n) is 8.51. The van der Waals surface area contributed by atoms with Gasteiger partial charge in [0.15, 0.2) is 0 Å². The topological polar surface area (TPSA) is 107 Å². The molecule has 1 aromatic heterocycles. The molecule has 1 aromatic carbocycles. The van der Waals surface area contributed by atoms with Crippen LogP contribution >= 0.6 is 11.3 Å². The van der Waals surface area contributed by atoms with Crippen molar-refractivity contribution in [3.8, 4) is 0 Å². The fourth-order valence-corrected chi connectivity index (χ4v) is 5.57. The lowest BCUT2D eigenvalue weighted by Crippen LogP contribution is -2.35. The summed E-state index contributed by atoms with van der Waals surface area (Å²) in [6, 6.07) is 5.65. The zero-order chi connectivity index (χ0) is 19.6. The summed E-state index contributed by atoms with van der Waals surface area (Å²) >= 11 is 1.04. The summed E-state index contributed by atoms with van der Waals surface area (Å²) in [7, 11) is -3.60. The average molecular weight is 407 g/mol. The average Bonchev–Trinajstić information content (AvgIpc) is 3.15. The van der Waals surface area contributed by atoms with Crippen LogP contribution in [0.5, 0.6) is 0 Å². The molecule has 1 aliphatic rings. The van der Waals surface area contributed by atoms with Gasteiger partial charge in [0.2, 0.25) is 10.0 Å². The first kappa shape index (κ1) is 19.5. The van der Waals surface area contributed by atoms with Crippen LogP contribution in [0, 0.1) is 6.92 Å². The molecule has 9 heteroatoms. The number of nitrogens with one attached hydrogen (secondary N) is 1. The molecule has 27 heavy (non-hydrogen) atoms. The molecule has 1 amide bonds. The summed E-state index contributed by atoms with van der Waals surface area (Å²) in [5.74, 6) is -1.82. The molecule has 0 radical (unpaired) electrons. The maximum atomic E-state index is 12.7. The van der Waals surface area contributed by atoms with Crippen molar-refractivity contribution in [2.75, 3.05) is 18.4 Å². The van der Waals surface area contributed by atoms with Crippen molar-refractivity contribution in [1.29, 1.82) is 0 Å². The largest absolute Gasteiger partial charge is 0.545 e. The molecule has 2 aromatic rings. The second-order valence-electron chi connectivity index (χ2n) is 6.38. The minimum absolute atomic E-state index is 0.0459. The Kier molecular flexibility index (Phi) is 5.64. The zero-order valence-corrected chi connectivity index (χ0v) is 16.4. The lowest BCUT2D eigenvalue weighted by Gasteiger charge is -2.25. The van der Waals surface area contributed by atoms with Crippen molar-refractivity contribution in [3.63, 3.8) is 0 Å². The lowest BCUT2D eigenvalue weighted by atomic mass is 10.1. The van der Waals surface area contributed by atoms with Gasteiger partial charge in [-0.3, -0.25) is 4.79 Å². The van der Waals surface area contributed by atoms with Crippen molar-refractivity contribution in [1.82, 2.24) is 4.31 Å². The summed E-state index contributed by atoms with van der Waals surface area (Å²) in [6.07, 6.45) is 2.70. The number of thiophene rings is 1. The van der Waals surface area contributed by atoms with Gasteiger partial charge in [-0.2, -0.15) is 4.31 Å². The second-order valence-corrected chi connectivity index (χ2v) is 9.23. The Labute approximate surface area is 161 Å². The zero-order valence-electron chi connectivity index (χ0n) is 14.7. The van der Waals surface area contributed by atoms with E-state index < -0.39 is 21.9 Å². The smallest absolute Gasteiger partial charge is 0.265 e. The SMILES string of the molecule is Cc1ccc(C(=O)[O-])cc1NC(=O)c1cc(S(=O)(=O)N2CCCCC2)cs1. The number of nitrogens with zero attached hydrogens (tertiary/aromatic N) is 1. The molecule has 0 spiro atoms. The number of carbonyl (C=O) groups excluding carboxylic acids is 2. The van der Waals surface area contributed by atoms with Crippen molar-refractivity contribution < 1.29 is 23.1 Å². The summed E-state index contributed by atoms with van der Waals surface area (Å²) < 4.78 is 26.8. The molecule has 0 aliphatic carbocycles. The fraction of sp³-hybridized carbons (Fsp3) is 0.333. The van der Waals surface area contributed by atoms with Gasteiger partial charge in [0.05, 0.1) is 15.7 Å². The van der Waals surface area contributed by atoms with Gasteiger partial charge in [0.25, 0.3) is 5.91 Å². The van der Waals surface area contributed by atoms with Gasteiger partial charge in [-0.1, -0.05) is 18.6 Å². The molecule has 1 N–H and O–H groups in total. The predicted molar refractivity (Wildman–Crippen MR) is 100 cm³/mol. The molecule has 1 fully saturated rings. The van der Waals surface area contributed by atoms with E-state index >= 15 is 0 Å². The van der Waals surface area contributed by atoms with Crippen LogP contribution in [-0.2, 0) is 10.0 Å². The highest BCUT2D eigenvalue weighted by molar-refractivity contribution is 7.89. The minimum Gasteiger partial charge on any atom is -0.545 e. The number of rotatable bonds is 5. The van der Waals surface area contributed by atoms with E-state index in [1.807, 2.05) is 0 Å². The van der Waals surface area contributed by atoms with Crippen LogP contribution in [0.4, 0.5) is 5.69 Å². The predicted octanol–water partition coefficient (Wildman–Crippen LogP) is 1.85. The van der Waals surface area contributed by atoms with Crippen LogP contribution in [0.1, 0.15) is 44.9 Å². The Bertz CT molecular complexity index is 975. The van der Waals surface area contributed by atoms with E-state index in [1.54, 1.807) is 13.0 Å². The number of anilines is 1. The van der Waals surface area contributed by atoms with Crippen molar-refractivity contribution in [3.05, 3.63) is 45.6 Å². The Morgan fingerprint density at radius 1 is 1.15 bits per heavy atom. The standard InChI is InChI=1S/C18H20N2O5S2/c1-12-5-6-13(18(22)23)9-15(12)19-17(21)16-10-14(11-26-16)27(24,25)20-7-3-2-4-8-20/h5-6,9-11H,2-4,7-8H2,1H3,(H,19,21)(H,22,23)/p-1. The van der Waals surface area contributed by atoms with E-state index in [0.717, 1.165) is 30.6 Å². The number of sulfonamides is 1. The first-order chi connectivity index (χ1) is 12.8. The highest BCUT2D eigenvalue weighted by atomic mass is 32.2. The van der Waals surface area contributed by atoms with E-state index in [0.29, 0.717) is 24.3 Å². The Balaban J connectivity index is 1.79. The van der Waals surface area contributed by atoms with Gasteiger partial charge < -0.3 is 15.2 Å². The third-order valence-corrected chi connectivity index (χ3v) is 7.43. The number of carbonyl (C=O) groups is 2. The van der Waals surface area contributed by atoms with Crippen LogP contribution in [0.3, 0.4) is 0 Å². The first-order valence-corrected chi connectivity index (χ1v) is 10.8. The molecule has 0 bridgehead atoms. The molecule has 1 aliphatic heterocycles. The van der Waals surface area contributed by atoms with Crippen LogP contribution in [0.15, 0.2) is 34.5 Å². The van der Waals surface area contributed by atoms with E-state index in [-0.39, 0.29) is 15.3 Å². The van der Waals surface area contributed by atoms with E-state index in [2.05, 4.69) is 5.32 Å². The molecule has 2 heterocycles. The Morgan fingerprint density at radius 2 is 1.85 bits per heavy atom. The molecule has 1 saturated heterocycles.